The van der Waals surface area contributed by atoms with Crippen LogP contribution < -0.4 is 0 Å². The zero-order valence-electron chi connectivity index (χ0n) is 12.4. The number of esters is 1. The number of carbonyl (C=O) groups is 1. The molecule has 0 atom stereocenters. The Morgan fingerprint density at radius 2 is 1.81 bits per heavy atom. The maximum atomic E-state index is 10.8. The summed E-state index contributed by atoms with van der Waals surface area (Å²) in [6.07, 6.45) is 1.33. The fourth-order valence-corrected chi connectivity index (χ4v) is 1.60. The van der Waals surface area contributed by atoms with E-state index in [1.807, 2.05) is 37.3 Å². The molecular formula is C16H19BO4. The van der Waals surface area contributed by atoms with Crippen LogP contribution in [0.5, 0.6) is 0 Å². The smallest absolute Gasteiger partial charge is 0.303 e. The van der Waals surface area contributed by atoms with Crippen molar-refractivity contribution in [2.24, 2.45) is 0 Å². The summed E-state index contributed by atoms with van der Waals surface area (Å²) in [6.45, 7) is 6.91. The maximum Gasteiger partial charge on any atom is 0.303 e. The van der Waals surface area contributed by atoms with Crippen LogP contribution in [0.25, 0.3) is 0 Å². The Labute approximate surface area is 126 Å². The number of hydrogen-bond donors (Lipinski definition) is 0. The first-order chi connectivity index (χ1) is 10.1. The Hall–Kier alpha value is -2.17. The number of ether oxygens (including phenoxy) is 3. The summed E-state index contributed by atoms with van der Waals surface area (Å²) in [4.78, 5) is 10.8. The monoisotopic (exact) mass is 286 g/mol. The molecule has 0 N–H and O–H groups in total. The van der Waals surface area contributed by atoms with Crippen molar-refractivity contribution in [3.05, 3.63) is 59.9 Å². The normalized spacial score (nSPS) is 13.0. The molecular weight excluding hydrogens is 267 g/mol. The Morgan fingerprint density at radius 1 is 1.24 bits per heavy atom. The summed E-state index contributed by atoms with van der Waals surface area (Å²) < 4.78 is 15.6. The third-order valence-corrected chi connectivity index (χ3v) is 2.40. The highest BCUT2D eigenvalue weighted by Crippen LogP contribution is 2.26. The van der Waals surface area contributed by atoms with Crippen LogP contribution in [0.3, 0.4) is 0 Å². The molecule has 0 aromatic heterocycles. The lowest BCUT2D eigenvalue weighted by atomic mass is 10.1. The fourth-order valence-electron chi connectivity index (χ4n) is 1.60. The van der Waals surface area contributed by atoms with Gasteiger partial charge in [-0.15, -0.1) is 0 Å². The van der Waals surface area contributed by atoms with Crippen LogP contribution in [0, 0.1) is 0 Å². The average Bonchev–Trinajstić information content (AvgIpc) is 2.78. The minimum Gasteiger partial charge on any atom is -0.458 e. The molecule has 0 bridgehead atoms. The Morgan fingerprint density at radius 3 is 2.38 bits per heavy atom. The van der Waals surface area contributed by atoms with Gasteiger partial charge in [0.2, 0.25) is 0 Å². The molecule has 1 aromatic carbocycles. The van der Waals surface area contributed by atoms with E-state index in [1.165, 1.54) is 6.92 Å². The molecule has 2 rings (SSSR count). The van der Waals surface area contributed by atoms with E-state index in [4.69, 9.17) is 22.1 Å². The maximum absolute atomic E-state index is 10.8. The minimum atomic E-state index is -0.359. The van der Waals surface area contributed by atoms with Gasteiger partial charge in [0.15, 0.2) is 18.1 Å². The molecule has 1 aliphatic heterocycles. The van der Waals surface area contributed by atoms with Gasteiger partial charge in [-0.05, 0) is 12.1 Å². The van der Waals surface area contributed by atoms with E-state index in [1.54, 1.807) is 0 Å². The Balaban J connectivity index is 0.000000677. The van der Waals surface area contributed by atoms with Gasteiger partial charge in [0.25, 0.3) is 5.95 Å². The number of allylic oxidation sites excluding steroid dienone is 1. The van der Waals surface area contributed by atoms with E-state index in [9.17, 15) is 4.79 Å². The lowest BCUT2D eigenvalue weighted by Crippen LogP contribution is -2.05. The molecule has 110 valence electrons. The van der Waals surface area contributed by atoms with E-state index in [0.29, 0.717) is 17.9 Å². The van der Waals surface area contributed by atoms with E-state index in [2.05, 4.69) is 6.58 Å². The van der Waals surface area contributed by atoms with E-state index < -0.39 is 0 Å². The molecule has 5 heteroatoms. The second-order valence-corrected chi connectivity index (χ2v) is 4.27. The molecule has 4 nitrogen and oxygen atoms in total. The predicted molar refractivity (Wildman–Crippen MR) is 81.4 cm³/mol. The van der Waals surface area contributed by atoms with Crippen LogP contribution in [0.2, 0.25) is 6.32 Å². The van der Waals surface area contributed by atoms with Crippen molar-refractivity contribution in [3.8, 4) is 0 Å². The SMILES string of the molecule is C=C1OC(COC(C)=O)=C(Cc2ccccc2)O1.[B]CC. The molecule has 0 aliphatic carbocycles. The second-order valence-electron chi connectivity index (χ2n) is 4.27. The third kappa shape index (κ3) is 6.21. The van der Waals surface area contributed by atoms with Gasteiger partial charge in [-0.3, -0.25) is 4.79 Å². The van der Waals surface area contributed by atoms with Crippen molar-refractivity contribution >= 4 is 13.8 Å². The topological polar surface area (TPSA) is 44.8 Å². The molecule has 1 aromatic rings. The Kier molecular flexibility index (Phi) is 7.16. The lowest BCUT2D eigenvalue weighted by Gasteiger charge is -2.04. The van der Waals surface area contributed by atoms with Gasteiger partial charge in [-0.25, -0.2) is 0 Å². The molecule has 1 aliphatic rings. The van der Waals surface area contributed by atoms with Crippen molar-refractivity contribution in [2.45, 2.75) is 26.6 Å². The number of rotatable bonds is 4. The molecule has 0 saturated carbocycles. The Bertz CT molecular complexity index is 508. The third-order valence-electron chi connectivity index (χ3n) is 2.40. The van der Waals surface area contributed by atoms with Crippen molar-refractivity contribution in [1.29, 1.82) is 0 Å². The first kappa shape index (κ1) is 16.9. The fraction of sp³-hybridized carbons (Fsp3) is 0.312. The second kappa shape index (κ2) is 8.90. The van der Waals surface area contributed by atoms with Crippen molar-refractivity contribution in [2.75, 3.05) is 6.61 Å². The van der Waals surface area contributed by atoms with Crippen LogP contribution in [0.15, 0.2) is 54.4 Å². The van der Waals surface area contributed by atoms with Crippen molar-refractivity contribution < 1.29 is 19.0 Å². The molecule has 2 radical (unpaired) electrons. The molecule has 0 amide bonds. The zero-order chi connectivity index (χ0) is 15.7. The summed E-state index contributed by atoms with van der Waals surface area (Å²) in [6, 6.07) is 9.82. The quantitative estimate of drug-likeness (QED) is 0.630. The first-order valence-electron chi connectivity index (χ1n) is 6.70. The molecule has 1 heterocycles. The standard InChI is InChI=1S/C14H14O4.C2H5B/c1-10(15)16-9-14-13(17-11(2)18-14)8-12-6-4-3-5-7-12;1-2-3/h3-7H,2,8-9H2,1H3;2H2,1H3. The van der Waals surface area contributed by atoms with Crippen molar-refractivity contribution in [3.63, 3.8) is 0 Å². The van der Waals surface area contributed by atoms with Gasteiger partial charge in [-0.1, -0.05) is 43.6 Å². The van der Waals surface area contributed by atoms with Gasteiger partial charge >= 0.3 is 5.97 Å². The number of benzene rings is 1. The molecule has 21 heavy (non-hydrogen) atoms. The summed E-state index contributed by atoms with van der Waals surface area (Å²) in [5.74, 6) is 0.984. The summed E-state index contributed by atoms with van der Waals surface area (Å²) in [5.41, 5.74) is 1.09. The van der Waals surface area contributed by atoms with Gasteiger partial charge in [0, 0.05) is 13.3 Å². The summed E-state index contributed by atoms with van der Waals surface area (Å²) >= 11 is 0. The highest BCUT2D eigenvalue weighted by atomic mass is 16.7. The largest absolute Gasteiger partial charge is 0.458 e. The van der Waals surface area contributed by atoms with Gasteiger partial charge in [0.05, 0.1) is 7.85 Å². The average molecular weight is 286 g/mol. The van der Waals surface area contributed by atoms with E-state index in [0.717, 1.165) is 11.9 Å². The highest BCUT2D eigenvalue weighted by molar-refractivity contribution is 6.08. The molecule has 0 spiro atoms. The van der Waals surface area contributed by atoms with E-state index >= 15 is 0 Å². The predicted octanol–water partition coefficient (Wildman–Crippen LogP) is 3.11. The minimum absolute atomic E-state index is 0.0660. The van der Waals surface area contributed by atoms with Gasteiger partial charge in [-0.2, -0.15) is 0 Å². The van der Waals surface area contributed by atoms with Crippen molar-refractivity contribution in [1.82, 2.24) is 0 Å². The zero-order valence-corrected chi connectivity index (χ0v) is 12.4. The lowest BCUT2D eigenvalue weighted by molar-refractivity contribution is -0.140. The van der Waals surface area contributed by atoms with Gasteiger partial charge in [0.1, 0.15) is 0 Å². The highest BCUT2D eigenvalue weighted by Gasteiger charge is 2.22. The van der Waals surface area contributed by atoms with Crippen LogP contribution in [0.1, 0.15) is 19.4 Å². The molecule has 0 unspecified atom stereocenters. The van der Waals surface area contributed by atoms with Crippen LogP contribution >= 0.6 is 0 Å². The number of carbonyl (C=O) groups excluding carboxylic acids is 1. The molecule has 0 saturated heterocycles. The van der Waals surface area contributed by atoms with Crippen LogP contribution in [0.4, 0.5) is 0 Å². The summed E-state index contributed by atoms with van der Waals surface area (Å²) in [5, 5.41) is 0. The summed E-state index contributed by atoms with van der Waals surface area (Å²) in [7, 11) is 4.85. The van der Waals surface area contributed by atoms with Gasteiger partial charge < -0.3 is 14.2 Å². The van der Waals surface area contributed by atoms with Crippen LogP contribution in [-0.2, 0) is 25.4 Å². The van der Waals surface area contributed by atoms with Crippen LogP contribution in [-0.4, -0.2) is 20.4 Å². The van der Waals surface area contributed by atoms with E-state index in [-0.39, 0.29) is 18.5 Å². The molecule has 0 fully saturated rings. The number of hydrogen-bond acceptors (Lipinski definition) is 4. The first-order valence-corrected chi connectivity index (χ1v) is 6.70.